The van der Waals surface area contributed by atoms with Crippen LogP contribution in [0.15, 0.2) is 18.2 Å². The fraction of sp³-hybridized carbons (Fsp3) is 0.538. The molecule has 1 fully saturated rings. The normalized spacial score (nSPS) is 19.3. The van der Waals surface area contributed by atoms with Crippen molar-refractivity contribution in [2.45, 2.75) is 31.7 Å². The van der Waals surface area contributed by atoms with Crippen LogP contribution in [0, 0.1) is 0 Å². The molecule has 0 aliphatic carbocycles. The van der Waals surface area contributed by atoms with E-state index in [4.69, 9.17) is 11.6 Å². The van der Waals surface area contributed by atoms with Crippen LogP contribution in [0.25, 0.3) is 0 Å². The Hall–Kier alpha value is -0.810. The summed E-state index contributed by atoms with van der Waals surface area (Å²) in [7, 11) is 0. The van der Waals surface area contributed by atoms with E-state index in [1.807, 2.05) is 0 Å². The van der Waals surface area contributed by atoms with Crippen molar-refractivity contribution in [2.24, 2.45) is 0 Å². The number of hydrogen-bond acceptors (Lipinski definition) is 1. The van der Waals surface area contributed by atoms with Crippen LogP contribution in [0.4, 0.5) is 17.6 Å². The molecule has 0 unspecified atom stereocenters. The largest absolute Gasteiger partial charge is 0.416 e. The van der Waals surface area contributed by atoms with Crippen LogP contribution < -0.4 is 0 Å². The highest BCUT2D eigenvalue weighted by atomic mass is 35.5. The van der Waals surface area contributed by atoms with Gasteiger partial charge in [-0.3, -0.25) is 4.90 Å². The molecule has 0 spiro atoms. The summed E-state index contributed by atoms with van der Waals surface area (Å²) in [5.74, 6) is 0. The summed E-state index contributed by atoms with van der Waals surface area (Å²) in [6, 6.07) is 3.70. The smallest absolute Gasteiger partial charge is 0.293 e. The van der Waals surface area contributed by atoms with Crippen molar-refractivity contribution in [3.63, 3.8) is 0 Å². The Bertz CT molecular complexity index is 466. The Balaban J connectivity index is 2.14. The molecule has 1 aliphatic heterocycles. The summed E-state index contributed by atoms with van der Waals surface area (Å²) >= 11 is 5.60. The molecule has 0 amide bonds. The van der Waals surface area contributed by atoms with Gasteiger partial charge in [0.1, 0.15) is 5.67 Å². The lowest BCUT2D eigenvalue weighted by molar-refractivity contribution is -0.138. The summed E-state index contributed by atoms with van der Waals surface area (Å²) in [4.78, 5) is 1.67. The molecule has 1 aromatic rings. The van der Waals surface area contributed by atoms with Crippen LogP contribution in [0.5, 0.6) is 0 Å². The minimum Gasteiger partial charge on any atom is -0.293 e. The van der Waals surface area contributed by atoms with Gasteiger partial charge in [0.15, 0.2) is 0 Å². The fourth-order valence-electron chi connectivity index (χ4n) is 2.28. The molecule has 0 bridgehead atoms. The lowest BCUT2D eigenvalue weighted by Crippen LogP contribution is -2.57. The van der Waals surface area contributed by atoms with Gasteiger partial charge in [0.2, 0.25) is 0 Å². The number of rotatable bonds is 3. The van der Waals surface area contributed by atoms with Crippen LogP contribution in [0.1, 0.15) is 24.5 Å². The van der Waals surface area contributed by atoms with Crippen LogP contribution in [-0.2, 0) is 12.7 Å². The van der Waals surface area contributed by atoms with Crippen molar-refractivity contribution in [2.75, 3.05) is 13.1 Å². The number of likely N-dealkylation sites (tertiary alicyclic amines) is 1. The van der Waals surface area contributed by atoms with Gasteiger partial charge in [0.05, 0.1) is 5.56 Å². The molecular formula is C13H14ClF4N. The monoisotopic (exact) mass is 295 g/mol. The van der Waals surface area contributed by atoms with Crippen LogP contribution in [0.3, 0.4) is 0 Å². The fourth-order valence-corrected chi connectivity index (χ4v) is 2.45. The van der Waals surface area contributed by atoms with E-state index in [-0.39, 0.29) is 30.2 Å². The van der Waals surface area contributed by atoms with E-state index in [1.165, 1.54) is 12.1 Å². The second-order valence-electron chi connectivity index (χ2n) is 4.95. The van der Waals surface area contributed by atoms with Gasteiger partial charge in [-0.25, -0.2) is 4.39 Å². The van der Waals surface area contributed by atoms with E-state index in [1.54, 1.807) is 11.8 Å². The van der Waals surface area contributed by atoms with Crippen molar-refractivity contribution < 1.29 is 17.6 Å². The van der Waals surface area contributed by atoms with Gasteiger partial charge in [-0.2, -0.15) is 13.2 Å². The maximum absolute atomic E-state index is 13.7. The summed E-state index contributed by atoms with van der Waals surface area (Å²) in [6.07, 6.45) is -4.06. The Morgan fingerprint density at radius 3 is 2.47 bits per heavy atom. The van der Waals surface area contributed by atoms with Gasteiger partial charge in [0.25, 0.3) is 0 Å². The molecule has 0 N–H and O–H groups in total. The first-order valence-electron chi connectivity index (χ1n) is 6.00. The predicted octanol–water partition coefficient (Wildman–Crippen LogP) is 4.29. The minimum absolute atomic E-state index is 0.0491. The van der Waals surface area contributed by atoms with Crippen molar-refractivity contribution in [1.82, 2.24) is 4.90 Å². The third kappa shape index (κ3) is 3.20. The van der Waals surface area contributed by atoms with E-state index < -0.39 is 17.4 Å². The molecule has 1 aliphatic rings. The summed E-state index contributed by atoms with van der Waals surface area (Å²) in [5, 5.41) is 0.0491. The lowest BCUT2D eigenvalue weighted by Gasteiger charge is -2.44. The molecule has 0 saturated carbocycles. The van der Waals surface area contributed by atoms with E-state index >= 15 is 0 Å². The van der Waals surface area contributed by atoms with E-state index in [0.29, 0.717) is 6.42 Å². The zero-order valence-corrected chi connectivity index (χ0v) is 11.2. The van der Waals surface area contributed by atoms with Crippen LogP contribution >= 0.6 is 11.6 Å². The molecule has 1 aromatic carbocycles. The van der Waals surface area contributed by atoms with Crippen molar-refractivity contribution in [3.05, 3.63) is 34.3 Å². The summed E-state index contributed by atoms with van der Waals surface area (Å²) in [6.45, 7) is 2.20. The van der Waals surface area contributed by atoms with E-state index in [2.05, 4.69) is 0 Å². The lowest BCUT2D eigenvalue weighted by atomic mass is 9.92. The molecule has 0 atom stereocenters. The second-order valence-corrected chi connectivity index (χ2v) is 5.39. The van der Waals surface area contributed by atoms with Gasteiger partial charge in [0, 0.05) is 24.7 Å². The van der Waals surface area contributed by atoms with Gasteiger partial charge in [-0.1, -0.05) is 24.6 Å². The minimum atomic E-state index is -4.44. The molecule has 0 aromatic heterocycles. The Morgan fingerprint density at radius 2 is 1.95 bits per heavy atom. The second kappa shape index (κ2) is 4.94. The topological polar surface area (TPSA) is 3.24 Å². The number of halogens is 5. The van der Waals surface area contributed by atoms with E-state index in [0.717, 1.165) is 6.07 Å². The maximum Gasteiger partial charge on any atom is 0.416 e. The molecule has 0 radical (unpaired) electrons. The molecule has 19 heavy (non-hydrogen) atoms. The molecule has 1 heterocycles. The molecule has 1 nitrogen and oxygen atoms in total. The first-order valence-corrected chi connectivity index (χ1v) is 6.38. The van der Waals surface area contributed by atoms with Gasteiger partial charge in [-0.05, 0) is 24.1 Å². The Labute approximate surface area is 114 Å². The molecular weight excluding hydrogens is 282 g/mol. The maximum atomic E-state index is 13.7. The number of alkyl halides is 4. The van der Waals surface area contributed by atoms with Crippen molar-refractivity contribution >= 4 is 11.6 Å². The number of nitrogens with zero attached hydrogens (tertiary/aromatic N) is 1. The van der Waals surface area contributed by atoms with Gasteiger partial charge in [-0.15, -0.1) is 0 Å². The van der Waals surface area contributed by atoms with Gasteiger partial charge < -0.3 is 0 Å². The Kier molecular flexibility index (Phi) is 3.80. The van der Waals surface area contributed by atoms with Crippen LogP contribution in [0.2, 0.25) is 5.02 Å². The summed E-state index contributed by atoms with van der Waals surface area (Å²) < 4.78 is 52.3. The quantitative estimate of drug-likeness (QED) is 0.752. The first kappa shape index (κ1) is 14.6. The molecule has 1 saturated heterocycles. The van der Waals surface area contributed by atoms with Crippen molar-refractivity contribution in [3.8, 4) is 0 Å². The standard InChI is InChI=1S/C13H14ClF4N/c1-2-12(15)7-19(8-12)6-9-3-4-10(14)5-11(9)13(16,17)18/h3-5H,2,6-8H2,1H3. The highest BCUT2D eigenvalue weighted by Crippen LogP contribution is 2.36. The third-order valence-electron chi connectivity index (χ3n) is 3.42. The first-order chi connectivity index (χ1) is 8.73. The summed E-state index contributed by atoms with van der Waals surface area (Å²) in [5.41, 5.74) is -1.85. The molecule has 106 valence electrons. The zero-order valence-electron chi connectivity index (χ0n) is 10.4. The third-order valence-corrected chi connectivity index (χ3v) is 3.65. The molecule has 6 heteroatoms. The number of hydrogen-bond donors (Lipinski definition) is 0. The van der Waals surface area contributed by atoms with Crippen molar-refractivity contribution in [1.29, 1.82) is 0 Å². The SMILES string of the molecule is CCC1(F)CN(Cc2ccc(Cl)cc2C(F)(F)F)C1. The number of benzene rings is 1. The van der Waals surface area contributed by atoms with Gasteiger partial charge >= 0.3 is 6.18 Å². The van der Waals surface area contributed by atoms with Crippen LogP contribution in [-0.4, -0.2) is 23.7 Å². The predicted molar refractivity (Wildman–Crippen MR) is 65.9 cm³/mol. The average Bonchev–Trinajstić information content (AvgIpc) is 2.27. The average molecular weight is 296 g/mol. The zero-order chi connectivity index (χ0) is 14.3. The Morgan fingerprint density at radius 1 is 1.32 bits per heavy atom. The molecule has 2 rings (SSSR count). The highest BCUT2D eigenvalue weighted by Gasteiger charge is 2.42. The highest BCUT2D eigenvalue weighted by molar-refractivity contribution is 6.30. The van der Waals surface area contributed by atoms with E-state index in [9.17, 15) is 17.6 Å².